The third kappa shape index (κ3) is 4.76. The lowest BCUT2D eigenvalue weighted by Gasteiger charge is -2.22. The largest absolute Gasteiger partial charge is 0.508 e. The van der Waals surface area contributed by atoms with Crippen molar-refractivity contribution in [3.05, 3.63) is 29.8 Å². The van der Waals surface area contributed by atoms with Crippen LogP contribution in [0.3, 0.4) is 0 Å². The predicted octanol–water partition coefficient (Wildman–Crippen LogP) is 2.63. The first kappa shape index (κ1) is 16.3. The smallest absolute Gasteiger partial charge is 0.339 e. The first-order chi connectivity index (χ1) is 10.6. The van der Waals surface area contributed by atoms with E-state index in [4.69, 9.17) is 4.74 Å². The fraction of sp³-hybridized carbons (Fsp3) is 0.529. The van der Waals surface area contributed by atoms with Crippen LogP contribution in [0.5, 0.6) is 5.75 Å². The van der Waals surface area contributed by atoms with Crippen LogP contribution in [0.2, 0.25) is 0 Å². The number of carbonyl (C=O) groups excluding carboxylic acids is 2. The Morgan fingerprint density at radius 2 is 2.05 bits per heavy atom. The summed E-state index contributed by atoms with van der Waals surface area (Å²) >= 11 is 0. The summed E-state index contributed by atoms with van der Waals surface area (Å²) in [6.45, 7) is 2.20. The van der Waals surface area contributed by atoms with Crippen LogP contribution in [0.25, 0.3) is 0 Å². The van der Waals surface area contributed by atoms with Gasteiger partial charge in [0, 0.05) is 6.54 Å². The number of phenols is 1. The Kier molecular flexibility index (Phi) is 5.81. The molecule has 22 heavy (non-hydrogen) atoms. The lowest BCUT2D eigenvalue weighted by atomic mass is 9.89. The third-order valence-electron chi connectivity index (χ3n) is 4.02. The topological polar surface area (TPSA) is 75.6 Å². The van der Waals surface area contributed by atoms with Crippen LogP contribution in [0.15, 0.2) is 24.3 Å². The van der Waals surface area contributed by atoms with Crippen LogP contribution >= 0.6 is 0 Å². The summed E-state index contributed by atoms with van der Waals surface area (Å²) in [7, 11) is 0. The number of hydrogen-bond donors (Lipinski definition) is 2. The second-order valence-electron chi connectivity index (χ2n) is 5.85. The molecule has 0 bridgehead atoms. The van der Waals surface area contributed by atoms with Gasteiger partial charge in [-0.05, 0) is 43.9 Å². The number of nitrogens with one attached hydrogen (secondary N) is 1. The SMILES string of the molecule is C[C@H](OC(=O)c1cccc(O)c1)C(=O)NCC1CCCCC1. The molecule has 1 fully saturated rings. The average molecular weight is 305 g/mol. The molecule has 0 spiro atoms. The van der Waals surface area contributed by atoms with Gasteiger partial charge in [0.05, 0.1) is 5.56 Å². The van der Waals surface area contributed by atoms with Crippen molar-refractivity contribution in [3.63, 3.8) is 0 Å². The predicted molar refractivity (Wildman–Crippen MR) is 82.6 cm³/mol. The molecule has 0 aliphatic heterocycles. The van der Waals surface area contributed by atoms with Gasteiger partial charge in [-0.2, -0.15) is 0 Å². The van der Waals surface area contributed by atoms with Crippen LogP contribution < -0.4 is 5.32 Å². The van der Waals surface area contributed by atoms with Crippen molar-refractivity contribution in [3.8, 4) is 5.75 Å². The Balaban J connectivity index is 1.79. The summed E-state index contributed by atoms with van der Waals surface area (Å²) in [5.41, 5.74) is 0.229. The van der Waals surface area contributed by atoms with E-state index in [-0.39, 0.29) is 17.2 Å². The van der Waals surface area contributed by atoms with Crippen LogP contribution in [0.1, 0.15) is 49.4 Å². The summed E-state index contributed by atoms with van der Waals surface area (Å²) in [4.78, 5) is 23.9. The normalized spacial score (nSPS) is 16.8. The van der Waals surface area contributed by atoms with Crippen molar-refractivity contribution >= 4 is 11.9 Å². The fourth-order valence-electron chi connectivity index (χ4n) is 2.69. The van der Waals surface area contributed by atoms with Crippen LogP contribution in [-0.4, -0.2) is 29.6 Å². The van der Waals surface area contributed by atoms with E-state index in [2.05, 4.69) is 5.32 Å². The number of esters is 1. The number of phenolic OH excluding ortho intramolecular Hbond substituents is 1. The Morgan fingerprint density at radius 3 is 2.73 bits per heavy atom. The third-order valence-corrected chi connectivity index (χ3v) is 4.02. The van der Waals surface area contributed by atoms with Gasteiger partial charge in [0.15, 0.2) is 6.10 Å². The highest BCUT2D eigenvalue weighted by Gasteiger charge is 2.20. The van der Waals surface area contributed by atoms with E-state index in [0.29, 0.717) is 12.5 Å². The van der Waals surface area contributed by atoms with Crippen molar-refractivity contribution in [2.24, 2.45) is 5.92 Å². The van der Waals surface area contributed by atoms with Crippen molar-refractivity contribution in [2.75, 3.05) is 6.54 Å². The Morgan fingerprint density at radius 1 is 1.32 bits per heavy atom. The number of carbonyl (C=O) groups is 2. The van der Waals surface area contributed by atoms with E-state index in [9.17, 15) is 14.7 Å². The van der Waals surface area contributed by atoms with Gasteiger partial charge in [0.1, 0.15) is 5.75 Å². The molecular formula is C17H23NO4. The zero-order chi connectivity index (χ0) is 15.9. The van der Waals surface area contributed by atoms with E-state index >= 15 is 0 Å². The van der Waals surface area contributed by atoms with Crippen LogP contribution in [0.4, 0.5) is 0 Å². The summed E-state index contributed by atoms with van der Waals surface area (Å²) in [5, 5.41) is 12.2. The molecule has 1 amide bonds. The van der Waals surface area contributed by atoms with Crippen molar-refractivity contribution in [2.45, 2.75) is 45.1 Å². The Hall–Kier alpha value is -2.04. The molecule has 1 aliphatic carbocycles. The number of rotatable bonds is 5. The molecule has 2 N–H and O–H groups in total. The molecule has 1 aliphatic rings. The molecule has 1 saturated carbocycles. The molecule has 1 aromatic carbocycles. The molecule has 1 aromatic rings. The maximum atomic E-state index is 12.0. The summed E-state index contributed by atoms with van der Waals surface area (Å²) in [6, 6.07) is 5.88. The molecule has 120 valence electrons. The van der Waals surface area contributed by atoms with Gasteiger partial charge in [0.2, 0.25) is 0 Å². The van der Waals surface area contributed by atoms with Gasteiger partial charge in [-0.1, -0.05) is 25.3 Å². The highest BCUT2D eigenvalue weighted by molar-refractivity contribution is 5.92. The molecule has 0 aromatic heterocycles. The first-order valence-corrected chi connectivity index (χ1v) is 7.84. The van der Waals surface area contributed by atoms with E-state index < -0.39 is 12.1 Å². The fourth-order valence-corrected chi connectivity index (χ4v) is 2.69. The van der Waals surface area contributed by atoms with Crippen molar-refractivity contribution < 1.29 is 19.4 Å². The molecule has 0 radical (unpaired) electrons. The summed E-state index contributed by atoms with van der Waals surface area (Å²) in [6.07, 6.45) is 5.18. The van der Waals surface area contributed by atoms with Gasteiger partial charge in [-0.3, -0.25) is 4.79 Å². The minimum Gasteiger partial charge on any atom is -0.508 e. The standard InChI is InChI=1S/C17H23NO4/c1-12(16(20)18-11-13-6-3-2-4-7-13)22-17(21)14-8-5-9-15(19)10-14/h5,8-10,12-13,19H,2-4,6-7,11H2,1H3,(H,18,20)/t12-/m0/s1. The number of amides is 1. The zero-order valence-electron chi connectivity index (χ0n) is 12.9. The maximum Gasteiger partial charge on any atom is 0.339 e. The van der Waals surface area contributed by atoms with Crippen molar-refractivity contribution in [1.82, 2.24) is 5.32 Å². The highest BCUT2D eigenvalue weighted by atomic mass is 16.5. The van der Waals surface area contributed by atoms with Gasteiger partial charge in [-0.15, -0.1) is 0 Å². The van der Waals surface area contributed by atoms with Gasteiger partial charge < -0.3 is 15.2 Å². The summed E-state index contributed by atoms with van der Waals surface area (Å²) < 4.78 is 5.13. The number of ether oxygens (including phenoxy) is 1. The number of aromatic hydroxyl groups is 1. The first-order valence-electron chi connectivity index (χ1n) is 7.84. The lowest BCUT2D eigenvalue weighted by Crippen LogP contribution is -2.38. The van der Waals surface area contributed by atoms with E-state index in [1.54, 1.807) is 13.0 Å². The van der Waals surface area contributed by atoms with E-state index in [1.165, 1.54) is 37.5 Å². The average Bonchev–Trinajstić information content (AvgIpc) is 2.53. The van der Waals surface area contributed by atoms with E-state index in [0.717, 1.165) is 12.8 Å². The molecule has 5 nitrogen and oxygen atoms in total. The second kappa shape index (κ2) is 7.82. The number of hydrogen-bond acceptors (Lipinski definition) is 4. The minimum absolute atomic E-state index is 0.0103. The van der Waals surface area contributed by atoms with Crippen LogP contribution in [0, 0.1) is 5.92 Å². The van der Waals surface area contributed by atoms with Gasteiger partial charge >= 0.3 is 5.97 Å². The molecule has 2 rings (SSSR count). The molecular weight excluding hydrogens is 282 g/mol. The van der Waals surface area contributed by atoms with Crippen LogP contribution in [-0.2, 0) is 9.53 Å². The Labute approximate surface area is 130 Å². The molecule has 0 unspecified atom stereocenters. The van der Waals surface area contributed by atoms with Crippen molar-refractivity contribution in [1.29, 1.82) is 0 Å². The molecule has 0 heterocycles. The Bertz CT molecular complexity index is 523. The monoisotopic (exact) mass is 305 g/mol. The number of benzene rings is 1. The molecule has 5 heteroatoms. The molecule has 1 atom stereocenters. The van der Waals surface area contributed by atoms with E-state index in [1.807, 2.05) is 0 Å². The maximum absolute atomic E-state index is 12.0. The van der Waals surface area contributed by atoms with Gasteiger partial charge in [-0.25, -0.2) is 4.79 Å². The molecule has 0 saturated heterocycles. The lowest BCUT2D eigenvalue weighted by molar-refractivity contribution is -0.129. The minimum atomic E-state index is -0.849. The second-order valence-corrected chi connectivity index (χ2v) is 5.85. The summed E-state index contributed by atoms with van der Waals surface area (Å²) in [5.74, 6) is -0.370. The quantitative estimate of drug-likeness (QED) is 0.820. The zero-order valence-corrected chi connectivity index (χ0v) is 12.9. The van der Waals surface area contributed by atoms with Gasteiger partial charge in [0.25, 0.3) is 5.91 Å². The highest BCUT2D eigenvalue weighted by Crippen LogP contribution is 2.22.